The standard InChI is InChI=1S/C17H22N4O2/c22-17(12-15-13-23-11-9-18-15)19-8-6-14-2-4-16(5-3-14)21-10-1-7-20-21/h1-5,7,10,15,18H,6,8-9,11-13H2,(H,19,22). The molecule has 0 spiro atoms. The summed E-state index contributed by atoms with van der Waals surface area (Å²) < 4.78 is 7.17. The van der Waals surface area contributed by atoms with Crippen LogP contribution in [0.4, 0.5) is 0 Å². The van der Waals surface area contributed by atoms with E-state index in [2.05, 4.69) is 27.9 Å². The number of nitrogens with zero attached hydrogens (tertiary/aromatic N) is 2. The predicted octanol–water partition coefficient (Wildman–Crippen LogP) is 0.910. The van der Waals surface area contributed by atoms with Crippen molar-refractivity contribution in [2.24, 2.45) is 0 Å². The summed E-state index contributed by atoms with van der Waals surface area (Å²) in [6.45, 7) is 2.81. The SMILES string of the molecule is O=C(CC1COCCN1)NCCc1ccc(-n2cccn2)cc1. The van der Waals surface area contributed by atoms with E-state index in [1.54, 1.807) is 6.20 Å². The van der Waals surface area contributed by atoms with Gasteiger partial charge in [-0.15, -0.1) is 0 Å². The van der Waals surface area contributed by atoms with E-state index in [0.717, 1.165) is 25.3 Å². The van der Waals surface area contributed by atoms with Crippen LogP contribution in [-0.2, 0) is 16.0 Å². The highest BCUT2D eigenvalue weighted by atomic mass is 16.5. The van der Waals surface area contributed by atoms with E-state index in [9.17, 15) is 4.79 Å². The summed E-state index contributed by atoms with van der Waals surface area (Å²) in [7, 11) is 0. The van der Waals surface area contributed by atoms with Gasteiger partial charge in [-0.1, -0.05) is 12.1 Å². The Morgan fingerprint density at radius 3 is 2.96 bits per heavy atom. The molecule has 0 aliphatic carbocycles. The minimum absolute atomic E-state index is 0.0705. The summed E-state index contributed by atoms with van der Waals surface area (Å²) >= 11 is 0. The molecular weight excluding hydrogens is 292 g/mol. The number of carbonyl (C=O) groups excluding carboxylic acids is 1. The van der Waals surface area contributed by atoms with Gasteiger partial charge in [0.05, 0.1) is 18.9 Å². The number of hydrogen-bond donors (Lipinski definition) is 2. The lowest BCUT2D eigenvalue weighted by Crippen LogP contribution is -2.44. The van der Waals surface area contributed by atoms with Crippen molar-refractivity contribution in [3.63, 3.8) is 0 Å². The molecule has 2 aromatic rings. The number of amides is 1. The number of hydrogen-bond acceptors (Lipinski definition) is 4. The fraction of sp³-hybridized carbons (Fsp3) is 0.412. The second kappa shape index (κ2) is 7.89. The monoisotopic (exact) mass is 314 g/mol. The Labute approximate surface area is 135 Å². The zero-order valence-electron chi connectivity index (χ0n) is 13.1. The zero-order valence-corrected chi connectivity index (χ0v) is 13.1. The maximum Gasteiger partial charge on any atom is 0.221 e. The van der Waals surface area contributed by atoms with Crippen LogP contribution in [0.2, 0.25) is 0 Å². The maximum atomic E-state index is 11.9. The average molecular weight is 314 g/mol. The van der Waals surface area contributed by atoms with E-state index < -0.39 is 0 Å². The highest BCUT2D eigenvalue weighted by molar-refractivity contribution is 5.76. The van der Waals surface area contributed by atoms with Crippen LogP contribution in [0.25, 0.3) is 5.69 Å². The van der Waals surface area contributed by atoms with Crippen LogP contribution < -0.4 is 10.6 Å². The first kappa shape index (κ1) is 15.7. The summed E-state index contributed by atoms with van der Waals surface area (Å²) in [5, 5.41) is 10.5. The summed E-state index contributed by atoms with van der Waals surface area (Å²) in [6, 6.07) is 10.2. The van der Waals surface area contributed by atoms with Gasteiger partial charge in [-0.3, -0.25) is 4.79 Å². The van der Waals surface area contributed by atoms with Crippen LogP contribution in [0.3, 0.4) is 0 Å². The van der Waals surface area contributed by atoms with Gasteiger partial charge in [0.15, 0.2) is 0 Å². The van der Waals surface area contributed by atoms with E-state index in [-0.39, 0.29) is 11.9 Å². The largest absolute Gasteiger partial charge is 0.378 e. The number of nitrogens with one attached hydrogen (secondary N) is 2. The van der Waals surface area contributed by atoms with Crippen molar-refractivity contribution in [1.82, 2.24) is 20.4 Å². The van der Waals surface area contributed by atoms with Crippen molar-refractivity contribution in [2.45, 2.75) is 18.9 Å². The summed E-state index contributed by atoms with van der Waals surface area (Å²) in [5.74, 6) is 0.0705. The molecule has 1 fully saturated rings. The summed E-state index contributed by atoms with van der Waals surface area (Å²) in [6.07, 6.45) is 4.96. The van der Waals surface area contributed by atoms with Gasteiger partial charge in [-0.2, -0.15) is 5.10 Å². The van der Waals surface area contributed by atoms with E-state index in [4.69, 9.17) is 4.74 Å². The summed E-state index contributed by atoms with van der Waals surface area (Å²) in [4.78, 5) is 11.9. The second-order valence-corrected chi connectivity index (χ2v) is 5.65. The van der Waals surface area contributed by atoms with Crippen molar-refractivity contribution < 1.29 is 9.53 Å². The van der Waals surface area contributed by atoms with Crippen LogP contribution in [-0.4, -0.2) is 48.0 Å². The van der Waals surface area contributed by atoms with Gasteiger partial charge in [0.2, 0.25) is 5.91 Å². The van der Waals surface area contributed by atoms with E-state index in [1.165, 1.54) is 5.56 Å². The first-order valence-electron chi connectivity index (χ1n) is 7.98. The van der Waals surface area contributed by atoms with Crippen LogP contribution in [0.15, 0.2) is 42.7 Å². The number of carbonyl (C=O) groups is 1. The van der Waals surface area contributed by atoms with E-state index in [0.29, 0.717) is 19.6 Å². The molecule has 1 atom stereocenters. The number of aromatic nitrogens is 2. The molecule has 1 aromatic carbocycles. The maximum absolute atomic E-state index is 11.9. The fourth-order valence-electron chi connectivity index (χ4n) is 2.63. The Balaban J connectivity index is 1.40. The molecule has 0 saturated carbocycles. The minimum Gasteiger partial charge on any atom is -0.378 e. The Bertz CT molecular complexity index is 604. The molecule has 1 saturated heterocycles. The smallest absolute Gasteiger partial charge is 0.221 e. The number of morpholine rings is 1. The average Bonchev–Trinajstić information content (AvgIpc) is 3.11. The molecule has 1 unspecified atom stereocenters. The number of benzene rings is 1. The molecule has 2 N–H and O–H groups in total. The first-order chi connectivity index (χ1) is 11.3. The molecule has 1 amide bonds. The quantitative estimate of drug-likeness (QED) is 0.832. The fourth-order valence-corrected chi connectivity index (χ4v) is 2.63. The van der Waals surface area contributed by atoms with Gasteiger partial charge in [-0.05, 0) is 30.2 Å². The Hall–Kier alpha value is -2.18. The lowest BCUT2D eigenvalue weighted by atomic mass is 10.1. The molecule has 2 heterocycles. The highest BCUT2D eigenvalue weighted by Gasteiger charge is 2.16. The van der Waals surface area contributed by atoms with Gasteiger partial charge in [-0.25, -0.2) is 4.68 Å². The lowest BCUT2D eigenvalue weighted by molar-refractivity contribution is -0.122. The van der Waals surface area contributed by atoms with Gasteiger partial charge < -0.3 is 15.4 Å². The Morgan fingerprint density at radius 1 is 1.39 bits per heavy atom. The van der Waals surface area contributed by atoms with E-state index >= 15 is 0 Å². The van der Waals surface area contributed by atoms with Crippen LogP contribution in [0, 0.1) is 0 Å². The van der Waals surface area contributed by atoms with Crippen molar-refractivity contribution >= 4 is 5.91 Å². The van der Waals surface area contributed by atoms with Gasteiger partial charge >= 0.3 is 0 Å². The van der Waals surface area contributed by atoms with Crippen molar-refractivity contribution in [3.8, 4) is 5.69 Å². The van der Waals surface area contributed by atoms with Crippen molar-refractivity contribution in [3.05, 3.63) is 48.3 Å². The van der Waals surface area contributed by atoms with Crippen LogP contribution >= 0.6 is 0 Å². The van der Waals surface area contributed by atoms with E-state index in [1.807, 2.05) is 29.1 Å². The first-order valence-corrected chi connectivity index (χ1v) is 7.98. The molecule has 1 aliphatic rings. The Kier molecular flexibility index (Phi) is 5.39. The molecule has 1 aliphatic heterocycles. The molecule has 6 heteroatoms. The molecule has 122 valence electrons. The molecule has 6 nitrogen and oxygen atoms in total. The van der Waals surface area contributed by atoms with Gasteiger partial charge in [0.25, 0.3) is 0 Å². The number of ether oxygens (including phenoxy) is 1. The van der Waals surface area contributed by atoms with Crippen LogP contribution in [0.5, 0.6) is 0 Å². The van der Waals surface area contributed by atoms with Crippen LogP contribution in [0.1, 0.15) is 12.0 Å². The third-order valence-corrected chi connectivity index (χ3v) is 3.87. The second-order valence-electron chi connectivity index (χ2n) is 5.65. The predicted molar refractivity (Wildman–Crippen MR) is 87.5 cm³/mol. The zero-order chi connectivity index (χ0) is 15.9. The number of rotatable bonds is 6. The molecule has 23 heavy (non-hydrogen) atoms. The third kappa shape index (κ3) is 4.64. The molecule has 0 radical (unpaired) electrons. The topological polar surface area (TPSA) is 68.2 Å². The highest BCUT2D eigenvalue weighted by Crippen LogP contribution is 2.09. The van der Waals surface area contributed by atoms with Crippen molar-refractivity contribution in [1.29, 1.82) is 0 Å². The minimum atomic E-state index is 0.0705. The van der Waals surface area contributed by atoms with Gasteiger partial charge in [0, 0.05) is 37.9 Å². The summed E-state index contributed by atoms with van der Waals surface area (Å²) in [5.41, 5.74) is 2.23. The molecular formula is C17H22N4O2. The molecule has 3 rings (SSSR count). The van der Waals surface area contributed by atoms with Crippen molar-refractivity contribution in [2.75, 3.05) is 26.3 Å². The molecule has 0 bridgehead atoms. The normalized spacial score (nSPS) is 17.8. The Morgan fingerprint density at radius 2 is 2.26 bits per heavy atom. The molecule has 1 aromatic heterocycles. The van der Waals surface area contributed by atoms with Gasteiger partial charge in [0.1, 0.15) is 0 Å². The lowest BCUT2D eigenvalue weighted by Gasteiger charge is -2.23. The third-order valence-electron chi connectivity index (χ3n) is 3.87.